The smallest absolute Gasteiger partial charge is 0.192 e. The second-order valence-electron chi connectivity index (χ2n) is 3.67. The molecule has 0 atom stereocenters. The highest BCUT2D eigenvalue weighted by Crippen LogP contribution is 2.26. The van der Waals surface area contributed by atoms with E-state index in [9.17, 15) is 0 Å². The Morgan fingerprint density at radius 1 is 1.42 bits per heavy atom. The van der Waals surface area contributed by atoms with E-state index in [1.165, 1.54) is 11.3 Å². The first-order chi connectivity index (χ1) is 9.19. The summed E-state index contributed by atoms with van der Waals surface area (Å²) in [7, 11) is 1.80. The Kier molecular flexibility index (Phi) is 4.09. The maximum atomic E-state index is 7.15. The molecule has 0 amide bonds. The molecule has 0 saturated heterocycles. The monoisotopic (exact) mass is 274 g/mol. The van der Waals surface area contributed by atoms with Gasteiger partial charge in [-0.05, 0) is 12.1 Å². The van der Waals surface area contributed by atoms with Crippen LogP contribution in [0.15, 0.2) is 34.6 Å². The van der Waals surface area contributed by atoms with Crippen molar-refractivity contribution in [3.8, 4) is 11.3 Å². The molecule has 7 heteroatoms. The molecule has 0 fully saturated rings. The molecule has 2 rings (SSSR count). The van der Waals surface area contributed by atoms with Crippen molar-refractivity contribution in [1.82, 2.24) is 10.3 Å². The van der Waals surface area contributed by atoms with Gasteiger partial charge in [0.2, 0.25) is 0 Å². The summed E-state index contributed by atoms with van der Waals surface area (Å²) >= 11 is 1.41. The maximum Gasteiger partial charge on any atom is 0.192 e. The molecular formula is C12H14N6S. The largest absolute Gasteiger partial charge is 0.379 e. The number of hydrogen-bond acceptors (Lipinski definition) is 4. The molecule has 0 aliphatic rings. The third-order valence-electron chi connectivity index (χ3n) is 2.25. The molecule has 0 radical (unpaired) electrons. The highest BCUT2D eigenvalue weighted by atomic mass is 32.1. The van der Waals surface area contributed by atoms with Crippen LogP contribution in [0.3, 0.4) is 0 Å². The Morgan fingerprint density at radius 2 is 2.16 bits per heavy atom. The van der Waals surface area contributed by atoms with Gasteiger partial charge in [-0.3, -0.25) is 5.41 Å². The van der Waals surface area contributed by atoms with Crippen LogP contribution in [0.2, 0.25) is 0 Å². The summed E-state index contributed by atoms with van der Waals surface area (Å²) < 4.78 is 0. The summed E-state index contributed by atoms with van der Waals surface area (Å²) in [5.41, 5.74) is 7.97. The Bertz CT molecular complexity index is 587. The van der Waals surface area contributed by atoms with Crippen LogP contribution >= 0.6 is 11.3 Å². The number of benzene rings is 1. The number of aliphatic imine (C=N–C) groups is 1. The zero-order valence-electron chi connectivity index (χ0n) is 10.3. The van der Waals surface area contributed by atoms with Crippen molar-refractivity contribution < 1.29 is 0 Å². The summed E-state index contributed by atoms with van der Waals surface area (Å²) in [6.07, 6.45) is 1.63. The minimum Gasteiger partial charge on any atom is -0.379 e. The number of nitrogens with one attached hydrogen (secondary N) is 3. The number of hydrogen-bond donors (Lipinski definition) is 4. The fourth-order valence-corrected chi connectivity index (χ4v) is 2.17. The van der Waals surface area contributed by atoms with Crippen molar-refractivity contribution in [1.29, 1.82) is 5.41 Å². The minimum atomic E-state index is -0.113. The van der Waals surface area contributed by atoms with E-state index in [2.05, 4.69) is 20.6 Å². The van der Waals surface area contributed by atoms with E-state index in [1.807, 2.05) is 29.6 Å². The first-order valence-corrected chi connectivity index (χ1v) is 6.44. The first kappa shape index (κ1) is 13.0. The topological polar surface area (TPSA) is 99.2 Å². The lowest BCUT2D eigenvalue weighted by Crippen LogP contribution is -2.20. The highest BCUT2D eigenvalue weighted by molar-refractivity contribution is 7.14. The molecule has 0 bridgehead atoms. The van der Waals surface area contributed by atoms with Crippen molar-refractivity contribution in [2.45, 2.75) is 0 Å². The number of anilines is 1. The highest BCUT2D eigenvalue weighted by Gasteiger charge is 2.04. The summed E-state index contributed by atoms with van der Waals surface area (Å²) in [6, 6.07) is 7.74. The van der Waals surface area contributed by atoms with Gasteiger partial charge in [0.25, 0.3) is 0 Å². The molecule has 19 heavy (non-hydrogen) atoms. The van der Waals surface area contributed by atoms with Crippen molar-refractivity contribution >= 4 is 34.5 Å². The van der Waals surface area contributed by atoms with Crippen LogP contribution in [0, 0.1) is 5.41 Å². The third-order valence-corrected chi connectivity index (χ3v) is 3.01. The van der Waals surface area contributed by atoms with Crippen molar-refractivity contribution in [3.05, 3.63) is 29.6 Å². The molecular weight excluding hydrogens is 260 g/mol. The average Bonchev–Trinajstić information content (AvgIpc) is 2.84. The van der Waals surface area contributed by atoms with E-state index < -0.39 is 0 Å². The lowest BCUT2D eigenvalue weighted by molar-refractivity contribution is 1.21. The zero-order chi connectivity index (χ0) is 13.7. The molecule has 6 nitrogen and oxygen atoms in total. The van der Waals surface area contributed by atoms with E-state index >= 15 is 0 Å². The van der Waals surface area contributed by atoms with Crippen LogP contribution in [-0.4, -0.2) is 24.3 Å². The van der Waals surface area contributed by atoms with Gasteiger partial charge in [0, 0.05) is 18.0 Å². The Balaban J connectivity index is 2.15. The van der Waals surface area contributed by atoms with Gasteiger partial charge >= 0.3 is 0 Å². The number of guanidine groups is 1. The van der Waals surface area contributed by atoms with E-state index in [1.54, 1.807) is 13.4 Å². The Morgan fingerprint density at radius 3 is 2.79 bits per heavy atom. The molecule has 2 aromatic rings. The summed E-state index contributed by atoms with van der Waals surface area (Å²) in [5.74, 6) is -0.113. The fraction of sp³-hybridized carbons (Fsp3) is 0.0833. The number of nitrogens with two attached hydrogens (primary N) is 1. The molecule has 0 aliphatic heterocycles. The van der Waals surface area contributed by atoms with Gasteiger partial charge in [0.1, 0.15) is 0 Å². The van der Waals surface area contributed by atoms with Gasteiger partial charge < -0.3 is 16.4 Å². The van der Waals surface area contributed by atoms with Crippen LogP contribution in [0.4, 0.5) is 10.8 Å². The van der Waals surface area contributed by atoms with Crippen LogP contribution in [0.25, 0.3) is 11.3 Å². The molecule has 0 unspecified atom stereocenters. The molecule has 1 aromatic carbocycles. The van der Waals surface area contributed by atoms with Gasteiger partial charge in [0.05, 0.1) is 17.7 Å². The number of thiazole rings is 1. The standard InChI is InChI=1S/C12H14N6S/c1-15-7-16-9-4-2-8(3-5-9)10-6-19-12(17-10)18-11(13)14/h2-7H,1H3,(H,15,16)(H4,13,14,17,18). The summed E-state index contributed by atoms with van der Waals surface area (Å²) in [6.45, 7) is 0. The molecule has 98 valence electrons. The second-order valence-corrected chi connectivity index (χ2v) is 4.53. The van der Waals surface area contributed by atoms with Gasteiger partial charge in [-0.25, -0.2) is 9.98 Å². The SMILES string of the molecule is CN/C=N/c1ccc(-c2csc(NC(=N)N)n2)cc1. The Hall–Kier alpha value is -2.41. The van der Waals surface area contributed by atoms with Gasteiger partial charge in [-0.1, -0.05) is 12.1 Å². The van der Waals surface area contributed by atoms with Crippen LogP contribution in [0.1, 0.15) is 0 Å². The predicted molar refractivity (Wildman–Crippen MR) is 80.3 cm³/mol. The molecule has 5 N–H and O–H groups in total. The normalized spacial score (nSPS) is 10.6. The number of nitrogens with zero attached hydrogens (tertiary/aromatic N) is 2. The van der Waals surface area contributed by atoms with E-state index in [0.717, 1.165) is 16.9 Å². The molecule has 1 aromatic heterocycles. The van der Waals surface area contributed by atoms with Gasteiger partial charge in [-0.15, -0.1) is 11.3 Å². The van der Waals surface area contributed by atoms with Gasteiger partial charge in [-0.2, -0.15) is 0 Å². The summed E-state index contributed by atoms with van der Waals surface area (Å²) in [4.78, 5) is 8.54. The lowest BCUT2D eigenvalue weighted by Gasteiger charge is -1.99. The predicted octanol–water partition coefficient (Wildman–Crippen LogP) is 1.99. The van der Waals surface area contributed by atoms with E-state index in [4.69, 9.17) is 11.1 Å². The fourth-order valence-electron chi connectivity index (χ4n) is 1.44. The van der Waals surface area contributed by atoms with E-state index in [0.29, 0.717) is 5.13 Å². The lowest BCUT2D eigenvalue weighted by atomic mass is 10.1. The van der Waals surface area contributed by atoms with Crippen LogP contribution < -0.4 is 16.4 Å². The Labute approximate surface area is 114 Å². The van der Waals surface area contributed by atoms with Crippen molar-refractivity contribution in [2.75, 3.05) is 12.4 Å². The second kappa shape index (κ2) is 5.96. The maximum absolute atomic E-state index is 7.15. The van der Waals surface area contributed by atoms with Crippen LogP contribution in [-0.2, 0) is 0 Å². The molecule has 1 heterocycles. The third kappa shape index (κ3) is 3.52. The molecule has 0 saturated carbocycles. The summed E-state index contributed by atoms with van der Waals surface area (Å²) in [5, 5.41) is 15.2. The zero-order valence-corrected chi connectivity index (χ0v) is 11.2. The van der Waals surface area contributed by atoms with Crippen molar-refractivity contribution in [2.24, 2.45) is 10.7 Å². The van der Waals surface area contributed by atoms with E-state index in [-0.39, 0.29) is 5.96 Å². The first-order valence-electron chi connectivity index (χ1n) is 5.56. The molecule has 0 aliphatic carbocycles. The average molecular weight is 274 g/mol. The number of rotatable bonds is 4. The van der Waals surface area contributed by atoms with Crippen molar-refractivity contribution in [3.63, 3.8) is 0 Å². The minimum absolute atomic E-state index is 0.113. The number of aromatic nitrogens is 1. The molecule has 0 spiro atoms. The van der Waals surface area contributed by atoms with Crippen LogP contribution in [0.5, 0.6) is 0 Å². The van der Waals surface area contributed by atoms with Gasteiger partial charge in [0.15, 0.2) is 11.1 Å². The quantitative estimate of drug-likeness (QED) is 0.506.